The maximum atomic E-state index is 12.5. The number of hydrogen-bond acceptors (Lipinski definition) is 5. The average Bonchev–Trinajstić information content (AvgIpc) is 3.16. The summed E-state index contributed by atoms with van der Waals surface area (Å²) in [5.74, 6) is 0.897. The number of rotatable bonds is 5. The third-order valence-corrected chi connectivity index (χ3v) is 5.33. The molecule has 0 saturated heterocycles. The summed E-state index contributed by atoms with van der Waals surface area (Å²) >= 11 is 4.81. The maximum absolute atomic E-state index is 12.5. The monoisotopic (exact) mass is 424 g/mol. The molecule has 0 radical (unpaired) electrons. The third kappa shape index (κ3) is 3.54. The summed E-state index contributed by atoms with van der Waals surface area (Å²) in [7, 11) is 0. The molecule has 128 valence electrons. The molecule has 0 fully saturated rings. The molecule has 2 aromatic heterocycles. The van der Waals surface area contributed by atoms with Crippen molar-refractivity contribution >= 4 is 39.3 Å². The fraction of sp³-hybridized carbons (Fsp3) is 0.0526. The smallest absolute Gasteiger partial charge is 0.253 e. The molecule has 4 aromatic rings. The van der Waals surface area contributed by atoms with Crippen LogP contribution in [0.4, 0.5) is 0 Å². The van der Waals surface area contributed by atoms with Crippen LogP contribution in [-0.2, 0) is 0 Å². The van der Waals surface area contributed by atoms with Crippen molar-refractivity contribution < 1.29 is 4.79 Å². The number of halogens is 1. The van der Waals surface area contributed by atoms with Gasteiger partial charge in [0, 0.05) is 15.6 Å². The molecule has 0 spiro atoms. The number of hydrogen-bond donors (Lipinski definition) is 0. The molecule has 4 rings (SSSR count). The Balaban J connectivity index is 1.62. The molecule has 0 amide bonds. The lowest BCUT2D eigenvalue weighted by molar-refractivity contribution is 0.102. The zero-order valence-corrected chi connectivity index (χ0v) is 15.9. The first-order valence-electron chi connectivity index (χ1n) is 7.88. The highest BCUT2D eigenvalue weighted by Gasteiger charge is 2.12. The first-order valence-corrected chi connectivity index (χ1v) is 9.66. The predicted octanol–water partition coefficient (Wildman–Crippen LogP) is 4.53. The van der Waals surface area contributed by atoms with E-state index in [9.17, 15) is 4.79 Å². The number of benzene rings is 2. The van der Waals surface area contributed by atoms with Gasteiger partial charge in [0.1, 0.15) is 11.4 Å². The summed E-state index contributed by atoms with van der Waals surface area (Å²) < 4.78 is 2.61. The summed E-state index contributed by atoms with van der Waals surface area (Å²) in [6.07, 6.45) is 1.47. The molecule has 0 aliphatic carbocycles. The van der Waals surface area contributed by atoms with E-state index in [1.54, 1.807) is 4.52 Å². The molecule has 7 heteroatoms. The van der Waals surface area contributed by atoms with Gasteiger partial charge in [-0.3, -0.25) is 4.79 Å². The zero-order valence-electron chi connectivity index (χ0n) is 13.5. The van der Waals surface area contributed by atoms with E-state index in [4.69, 9.17) is 0 Å². The van der Waals surface area contributed by atoms with Crippen molar-refractivity contribution in [2.75, 3.05) is 5.75 Å². The fourth-order valence-corrected chi connectivity index (χ4v) is 3.66. The van der Waals surface area contributed by atoms with Crippen molar-refractivity contribution in [3.63, 3.8) is 0 Å². The van der Waals surface area contributed by atoms with Crippen LogP contribution >= 0.6 is 27.7 Å². The Morgan fingerprint density at radius 2 is 1.85 bits per heavy atom. The van der Waals surface area contributed by atoms with Gasteiger partial charge in [0.25, 0.3) is 5.78 Å². The molecule has 0 atom stereocenters. The van der Waals surface area contributed by atoms with Crippen molar-refractivity contribution in [3.8, 4) is 11.3 Å². The number of ketones is 1. The van der Waals surface area contributed by atoms with Gasteiger partial charge in [-0.05, 0) is 18.2 Å². The Morgan fingerprint density at radius 1 is 1.08 bits per heavy atom. The van der Waals surface area contributed by atoms with Crippen molar-refractivity contribution in [1.29, 1.82) is 0 Å². The normalized spacial score (nSPS) is 11.0. The van der Waals surface area contributed by atoms with Crippen LogP contribution in [0.2, 0.25) is 0 Å². The van der Waals surface area contributed by atoms with Gasteiger partial charge in [-0.25, -0.2) is 4.98 Å². The van der Waals surface area contributed by atoms with Crippen LogP contribution in [0, 0.1) is 0 Å². The van der Waals surface area contributed by atoms with Gasteiger partial charge in [-0.15, -0.1) is 0 Å². The van der Waals surface area contributed by atoms with Gasteiger partial charge >= 0.3 is 0 Å². The molecule has 0 aliphatic rings. The minimum Gasteiger partial charge on any atom is -0.293 e. The lowest BCUT2D eigenvalue weighted by Crippen LogP contribution is -2.04. The number of carbonyl (C=O) groups is 1. The number of Topliss-reactive ketones (excluding diaryl/α,β-unsaturated/α-hetero) is 1. The molecule has 2 heterocycles. The Labute approximate surface area is 162 Å². The molecule has 5 nitrogen and oxygen atoms in total. The van der Waals surface area contributed by atoms with Gasteiger partial charge < -0.3 is 0 Å². The van der Waals surface area contributed by atoms with Crippen LogP contribution in [0.1, 0.15) is 10.4 Å². The Kier molecular flexibility index (Phi) is 4.81. The van der Waals surface area contributed by atoms with E-state index < -0.39 is 0 Å². The molecule has 0 saturated carbocycles. The molecule has 2 aromatic carbocycles. The van der Waals surface area contributed by atoms with E-state index in [0.29, 0.717) is 17.1 Å². The number of nitrogens with zero attached hydrogens (tertiary/aromatic N) is 4. The SMILES string of the molecule is O=C(CSc1cc(-c2ccccc2)nc2ncnn12)c1ccc(Br)cc1. The number of carbonyl (C=O) groups excluding carboxylic acids is 1. The largest absolute Gasteiger partial charge is 0.293 e. The summed E-state index contributed by atoms with van der Waals surface area (Å²) in [5.41, 5.74) is 2.50. The van der Waals surface area contributed by atoms with Crippen LogP contribution in [0.25, 0.3) is 17.0 Å². The highest BCUT2D eigenvalue weighted by atomic mass is 79.9. The van der Waals surface area contributed by atoms with Crippen LogP contribution in [0.15, 0.2) is 76.5 Å². The second-order valence-corrected chi connectivity index (χ2v) is 7.45. The summed E-state index contributed by atoms with van der Waals surface area (Å²) in [4.78, 5) is 21.2. The highest BCUT2D eigenvalue weighted by molar-refractivity contribution is 9.10. The molecule has 0 bridgehead atoms. The molecular weight excluding hydrogens is 412 g/mol. The summed E-state index contributed by atoms with van der Waals surface area (Å²) in [5, 5.41) is 5.05. The highest BCUT2D eigenvalue weighted by Crippen LogP contribution is 2.25. The van der Waals surface area contributed by atoms with Crippen molar-refractivity contribution in [2.45, 2.75) is 5.03 Å². The van der Waals surface area contributed by atoms with Gasteiger partial charge in [0.15, 0.2) is 5.78 Å². The standard InChI is InChI=1S/C19H13BrN4OS/c20-15-8-6-14(7-9-15)17(25)11-26-18-10-16(13-4-2-1-3-5-13)23-19-21-12-22-24(18)19/h1-10,12H,11H2. The van der Waals surface area contributed by atoms with Gasteiger partial charge in [-0.2, -0.15) is 14.6 Å². The van der Waals surface area contributed by atoms with E-state index >= 15 is 0 Å². The van der Waals surface area contributed by atoms with Crippen LogP contribution in [0.3, 0.4) is 0 Å². The molecule has 0 unspecified atom stereocenters. The first-order chi connectivity index (χ1) is 12.7. The van der Waals surface area contributed by atoms with Crippen molar-refractivity contribution in [1.82, 2.24) is 19.6 Å². The predicted molar refractivity (Wildman–Crippen MR) is 105 cm³/mol. The second-order valence-electron chi connectivity index (χ2n) is 5.54. The lowest BCUT2D eigenvalue weighted by Gasteiger charge is -2.07. The van der Waals surface area contributed by atoms with E-state index in [1.165, 1.54) is 18.1 Å². The molecule has 0 aliphatic heterocycles. The first kappa shape index (κ1) is 16.9. The second kappa shape index (κ2) is 7.39. The summed E-state index contributed by atoms with van der Waals surface area (Å²) in [6, 6.07) is 19.2. The number of fused-ring (bicyclic) bond motifs is 1. The molecule has 26 heavy (non-hydrogen) atoms. The van der Waals surface area contributed by atoms with Gasteiger partial charge in [-0.1, -0.05) is 70.2 Å². The van der Waals surface area contributed by atoms with Gasteiger partial charge in [0.05, 0.1) is 11.4 Å². The minimum atomic E-state index is 0.0637. The quantitative estimate of drug-likeness (QED) is 0.267. The van der Waals surface area contributed by atoms with E-state index in [-0.39, 0.29) is 5.78 Å². The van der Waals surface area contributed by atoms with E-state index in [2.05, 4.69) is 31.0 Å². The Bertz CT molecular complexity index is 1060. The molecular formula is C19H13BrN4OS. The topological polar surface area (TPSA) is 60.2 Å². The van der Waals surface area contributed by atoms with Crippen LogP contribution in [-0.4, -0.2) is 31.1 Å². The molecule has 0 N–H and O–H groups in total. The van der Waals surface area contributed by atoms with E-state index in [1.807, 2.05) is 60.7 Å². The minimum absolute atomic E-state index is 0.0637. The van der Waals surface area contributed by atoms with Crippen molar-refractivity contribution in [3.05, 3.63) is 77.0 Å². The maximum Gasteiger partial charge on any atom is 0.253 e. The van der Waals surface area contributed by atoms with Gasteiger partial charge in [0.2, 0.25) is 0 Å². The number of thioether (sulfide) groups is 1. The summed E-state index contributed by atoms with van der Waals surface area (Å²) in [6.45, 7) is 0. The van der Waals surface area contributed by atoms with Crippen LogP contribution < -0.4 is 0 Å². The van der Waals surface area contributed by atoms with Crippen LogP contribution in [0.5, 0.6) is 0 Å². The van der Waals surface area contributed by atoms with Crippen molar-refractivity contribution in [2.24, 2.45) is 0 Å². The average molecular weight is 425 g/mol. The Morgan fingerprint density at radius 3 is 2.62 bits per heavy atom. The number of aromatic nitrogens is 4. The lowest BCUT2D eigenvalue weighted by atomic mass is 10.1. The fourth-order valence-electron chi connectivity index (χ4n) is 2.50. The van der Waals surface area contributed by atoms with E-state index in [0.717, 1.165) is 20.8 Å². The Hall–Kier alpha value is -2.51. The third-order valence-electron chi connectivity index (χ3n) is 3.81. The zero-order chi connectivity index (χ0) is 17.9.